The normalized spacial score (nSPS) is 10.5. The Morgan fingerprint density at radius 2 is 1.97 bits per heavy atom. The first-order valence-corrected chi connectivity index (χ1v) is 9.83. The molecule has 0 atom stereocenters. The van der Waals surface area contributed by atoms with Crippen LogP contribution >= 0.6 is 15.9 Å². The van der Waals surface area contributed by atoms with E-state index in [1.807, 2.05) is 18.2 Å². The molecular formula is C22H17BrN4O4. The summed E-state index contributed by atoms with van der Waals surface area (Å²) in [4.78, 5) is 10.2. The lowest BCUT2D eigenvalue weighted by molar-refractivity contribution is -0.384. The Hall–Kier alpha value is -3.90. The summed E-state index contributed by atoms with van der Waals surface area (Å²) in [6.45, 7) is 0.216. The fraction of sp³-hybridized carbons (Fsp3) is 0.0909. The van der Waals surface area contributed by atoms with E-state index in [1.165, 1.54) is 19.2 Å². The van der Waals surface area contributed by atoms with Crippen molar-refractivity contribution in [3.8, 4) is 17.6 Å². The van der Waals surface area contributed by atoms with Crippen molar-refractivity contribution in [3.05, 3.63) is 91.9 Å². The third-order valence-corrected chi connectivity index (χ3v) is 4.84. The number of rotatable bonds is 8. The Bertz CT molecular complexity index is 1160. The van der Waals surface area contributed by atoms with Gasteiger partial charge in [-0.3, -0.25) is 15.5 Å². The largest absolute Gasteiger partial charge is 0.493 e. The second-order valence-electron chi connectivity index (χ2n) is 6.27. The fourth-order valence-electron chi connectivity index (χ4n) is 2.70. The molecule has 0 saturated carbocycles. The molecule has 0 spiro atoms. The number of benzene rings is 3. The highest BCUT2D eigenvalue weighted by atomic mass is 79.9. The van der Waals surface area contributed by atoms with Gasteiger partial charge in [0.05, 0.1) is 40.0 Å². The average molecular weight is 481 g/mol. The number of halogens is 1. The number of anilines is 1. The van der Waals surface area contributed by atoms with E-state index in [0.29, 0.717) is 27.2 Å². The zero-order valence-corrected chi connectivity index (χ0v) is 18.0. The predicted molar refractivity (Wildman–Crippen MR) is 120 cm³/mol. The van der Waals surface area contributed by atoms with Crippen molar-refractivity contribution in [1.29, 1.82) is 5.26 Å². The van der Waals surface area contributed by atoms with Gasteiger partial charge in [0, 0.05) is 17.7 Å². The Balaban J connectivity index is 1.72. The number of methoxy groups -OCH3 is 1. The zero-order valence-electron chi connectivity index (χ0n) is 16.4. The Labute approximate surface area is 187 Å². The van der Waals surface area contributed by atoms with Gasteiger partial charge < -0.3 is 9.47 Å². The SMILES string of the molecule is COc1cc(/C=N/Nc2ccc([N+](=O)[O-])cc2)cc(Br)c1OCc1ccccc1C#N. The summed E-state index contributed by atoms with van der Waals surface area (Å²) in [5.41, 5.74) is 5.51. The van der Waals surface area contributed by atoms with Gasteiger partial charge in [-0.2, -0.15) is 10.4 Å². The lowest BCUT2D eigenvalue weighted by atomic mass is 10.1. The van der Waals surface area contributed by atoms with Crippen LogP contribution in [-0.4, -0.2) is 18.2 Å². The van der Waals surface area contributed by atoms with Gasteiger partial charge in [0.15, 0.2) is 11.5 Å². The monoisotopic (exact) mass is 480 g/mol. The molecule has 0 bridgehead atoms. The molecule has 0 unspecified atom stereocenters. The zero-order chi connectivity index (χ0) is 22.2. The number of nitriles is 1. The number of nitro benzene ring substituents is 1. The van der Waals surface area contributed by atoms with Crippen molar-refractivity contribution in [3.63, 3.8) is 0 Å². The molecule has 0 fully saturated rings. The van der Waals surface area contributed by atoms with Crippen molar-refractivity contribution in [2.75, 3.05) is 12.5 Å². The number of nitrogens with zero attached hydrogens (tertiary/aromatic N) is 3. The first-order valence-electron chi connectivity index (χ1n) is 9.03. The van der Waals surface area contributed by atoms with Gasteiger partial charge in [-0.15, -0.1) is 0 Å². The topological polar surface area (TPSA) is 110 Å². The van der Waals surface area contributed by atoms with Gasteiger partial charge in [-0.05, 0) is 51.8 Å². The van der Waals surface area contributed by atoms with Crippen LogP contribution in [0.25, 0.3) is 0 Å². The van der Waals surface area contributed by atoms with Crippen molar-refractivity contribution >= 4 is 33.5 Å². The van der Waals surface area contributed by atoms with E-state index in [0.717, 1.165) is 11.1 Å². The number of nitrogens with one attached hydrogen (secondary N) is 1. The van der Waals surface area contributed by atoms with Crippen LogP contribution in [0.3, 0.4) is 0 Å². The van der Waals surface area contributed by atoms with Crippen LogP contribution in [0.15, 0.2) is 70.2 Å². The van der Waals surface area contributed by atoms with Crippen LogP contribution in [-0.2, 0) is 6.61 Å². The number of ether oxygens (including phenoxy) is 2. The minimum Gasteiger partial charge on any atom is -0.493 e. The van der Waals surface area contributed by atoms with Gasteiger partial charge in [0.1, 0.15) is 6.61 Å². The lowest BCUT2D eigenvalue weighted by Gasteiger charge is -2.14. The van der Waals surface area contributed by atoms with Gasteiger partial charge in [0.2, 0.25) is 0 Å². The molecule has 8 nitrogen and oxygen atoms in total. The summed E-state index contributed by atoms with van der Waals surface area (Å²) in [6, 6.07) is 18.9. The third-order valence-electron chi connectivity index (χ3n) is 4.25. The summed E-state index contributed by atoms with van der Waals surface area (Å²) in [5, 5.41) is 24.1. The molecule has 9 heteroatoms. The van der Waals surface area contributed by atoms with Crippen molar-refractivity contribution in [1.82, 2.24) is 0 Å². The molecule has 31 heavy (non-hydrogen) atoms. The van der Waals surface area contributed by atoms with Crippen LogP contribution in [0.4, 0.5) is 11.4 Å². The number of hydrogen-bond acceptors (Lipinski definition) is 7. The molecule has 0 radical (unpaired) electrons. The molecule has 1 N–H and O–H groups in total. The lowest BCUT2D eigenvalue weighted by Crippen LogP contribution is -2.01. The summed E-state index contributed by atoms with van der Waals surface area (Å²) in [5.74, 6) is 1.01. The Morgan fingerprint density at radius 3 is 2.65 bits per heavy atom. The maximum atomic E-state index is 10.7. The van der Waals surface area contributed by atoms with E-state index in [4.69, 9.17) is 9.47 Å². The summed E-state index contributed by atoms with van der Waals surface area (Å²) in [6.07, 6.45) is 1.59. The fourth-order valence-corrected chi connectivity index (χ4v) is 3.27. The van der Waals surface area contributed by atoms with Crippen LogP contribution in [0.5, 0.6) is 11.5 Å². The summed E-state index contributed by atoms with van der Waals surface area (Å²) >= 11 is 3.49. The van der Waals surface area contributed by atoms with Crippen LogP contribution in [0.2, 0.25) is 0 Å². The van der Waals surface area contributed by atoms with Gasteiger partial charge >= 0.3 is 0 Å². The van der Waals surface area contributed by atoms with Crippen LogP contribution in [0, 0.1) is 21.4 Å². The second kappa shape index (κ2) is 10.2. The molecule has 0 aromatic heterocycles. The first-order chi connectivity index (χ1) is 15.0. The Morgan fingerprint density at radius 1 is 1.23 bits per heavy atom. The molecule has 0 aliphatic carbocycles. The van der Waals surface area contributed by atoms with Crippen LogP contribution in [0.1, 0.15) is 16.7 Å². The molecule has 0 saturated heterocycles. The molecule has 0 amide bonds. The number of non-ortho nitro benzene ring substituents is 1. The predicted octanol–water partition coefficient (Wildman–Crippen LogP) is 5.26. The molecular weight excluding hydrogens is 464 g/mol. The minimum atomic E-state index is -0.459. The maximum Gasteiger partial charge on any atom is 0.269 e. The second-order valence-corrected chi connectivity index (χ2v) is 7.12. The minimum absolute atomic E-state index is 0.0104. The van der Waals surface area contributed by atoms with Gasteiger partial charge in [-0.1, -0.05) is 18.2 Å². The van der Waals surface area contributed by atoms with E-state index in [9.17, 15) is 15.4 Å². The molecule has 3 aromatic rings. The Kier molecular flexibility index (Phi) is 7.19. The van der Waals surface area contributed by atoms with Gasteiger partial charge in [0.25, 0.3) is 5.69 Å². The van der Waals surface area contributed by atoms with E-state index in [2.05, 4.69) is 32.5 Å². The molecule has 156 valence electrons. The molecule has 0 heterocycles. The van der Waals surface area contributed by atoms with Gasteiger partial charge in [-0.25, -0.2) is 0 Å². The highest BCUT2D eigenvalue weighted by molar-refractivity contribution is 9.10. The smallest absolute Gasteiger partial charge is 0.269 e. The average Bonchev–Trinajstić information content (AvgIpc) is 2.78. The molecule has 3 aromatic carbocycles. The highest BCUT2D eigenvalue weighted by Gasteiger charge is 2.12. The quantitative estimate of drug-likeness (QED) is 0.267. The van der Waals surface area contributed by atoms with E-state index in [-0.39, 0.29) is 12.3 Å². The van der Waals surface area contributed by atoms with E-state index >= 15 is 0 Å². The number of hydrazone groups is 1. The van der Waals surface area contributed by atoms with Crippen molar-refractivity contribution in [2.45, 2.75) is 6.61 Å². The standard InChI is InChI=1S/C22H17BrN4O4/c1-30-21-11-15(13-25-26-18-6-8-19(9-7-18)27(28)29)10-20(23)22(21)31-14-17-5-3-2-4-16(17)12-24/h2-11,13,26H,14H2,1H3/b25-13+. The van der Waals surface area contributed by atoms with Crippen molar-refractivity contribution in [2.24, 2.45) is 5.10 Å². The summed E-state index contributed by atoms with van der Waals surface area (Å²) in [7, 11) is 1.54. The summed E-state index contributed by atoms with van der Waals surface area (Å²) < 4.78 is 12.0. The molecule has 3 rings (SSSR count). The number of nitro groups is 1. The number of hydrogen-bond donors (Lipinski definition) is 1. The molecule has 0 aliphatic rings. The third kappa shape index (κ3) is 5.58. The molecule has 0 aliphatic heterocycles. The van der Waals surface area contributed by atoms with Crippen LogP contribution < -0.4 is 14.9 Å². The first kappa shape index (κ1) is 21.8. The highest BCUT2D eigenvalue weighted by Crippen LogP contribution is 2.37. The van der Waals surface area contributed by atoms with Crippen molar-refractivity contribution < 1.29 is 14.4 Å². The maximum absolute atomic E-state index is 10.7. The van der Waals surface area contributed by atoms with E-state index < -0.39 is 4.92 Å². The van der Waals surface area contributed by atoms with E-state index in [1.54, 1.807) is 36.5 Å².